The summed E-state index contributed by atoms with van der Waals surface area (Å²) in [6, 6.07) is 13.5. The fourth-order valence-corrected chi connectivity index (χ4v) is 3.43. The Balaban J connectivity index is 1.57. The molecule has 0 fully saturated rings. The topological polar surface area (TPSA) is 60.5 Å². The maximum Gasteiger partial charge on any atom is 0.264 e. The lowest BCUT2D eigenvalue weighted by atomic mass is 9.99. The Morgan fingerprint density at radius 3 is 2.62 bits per heavy atom. The third kappa shape index (κ3) is 4.32. The Bertz CT molecular complexity index is 890. The molecule has 0 saturated carbocycles. The Hall–Kier alpha value is -2.60. The zero-order valence-corrected chi connectivity index (χ0v) is 15.9. The van der Waals surface area contributed by atoms with Crippen molar-refractivity contribution in [1.29, 1.82) is 0 Å². The zero-order valence-electron chi connectivity index (χ0n) is 15.1. The number of carbonyl (C=O) groups excluding carboxylic acids is 1. The fraction of sp³-hybridized carbons (Fsp3) is 0.300. The number of benzene rings is 2. The minimum Gasteiger partial charge on any atom is -0.497 e. The van der Waals surface area contributed by atoms with Crippen LogP contribution in [0.15, 0.2) is 42.5 Å². The lowest BCUT2D eigenvalue weighted by Gasteiger charge is -2.10. The van der Waals surface area contributed by atoms with Crippen molar-refractivity contribution in [2.24, 2.45) is 0 Å². The van der Waals surface area contributed by atoms with Crippen LogP contribution in [0.5, 0.6) is 11.5 Å². The monoisotopic (exact) mass is 370 g/mol. The lowest BCUT2D eigenvalue weighted by molar-refractivity contribution is -0.118. The maximum atomic E-state index is 12.1. The molecule has 1 N–H and O–H groups in total. The summed E-state index contributed by atoms with van der Waals surface area (Å²) in [5.41, 5.74) is 2.10. The Morgan fingerprint density at radius 2 is 1.92 bits per heavy atom. The van der Waals surface area contributed by atoms with Crippen molar-refractivity contribution >= 4 is 32.6 Å². The van der Waals surface area contributed by atoms with Crippen LogP contribution in [0.25, 0.3) is 10.2 Å². The SMILES string of the molecule is CC[C@@H](C)c1ccc(OCC(=O)Nc2nc3ccc(OC)cc3s2)cc1. The molecule has 0 spiro atoms. The van der Waals surface area contributed by atoms with Crippen molar-refractivity contribution < 1.29 is 14.3 Å². The highest BCUT2D eigenvalue weighted by molar-refractivity contribution is 7.22. The van der Waals surface area contributed by atoms with Gasteiger partial charge in [-0.15, -0.1) is 0 Å². The highest BCUT2D eigenvalue weighted by atomic mass is 32.1. The number of hydrogen-bond acceptors (Lipinski definition) is 5. The minimum atomic E-state index is -0.234. The fourth-order valence-electron chi connectivity index (χ4n) is 2.52. The number of carbonyl (C=O) groups is 1. The van der Waals surface area contributed by atoms with E-state index < -0.39 is 0 Å². The molecule has 1 atom stereocenters. The average Bonchev–Trinajstić information content (AvgIpc) is 3.07. The van der Waals surface area contributed by atoms with Crippen molar-refractivity contribution in [3.05, 3.63) is 48.0 Å². The van der Waals surface area contributed by atoms with E-state index in [1.807, 2.05) is 42.5 Å². The summed E-state index contributed by atoms with van der Waals surface area (Å²) in [5, 5.41) is 3.33. The van der Waals surface area contributed by atoms with Crippen molar-refractivity contribution in [1.82, 2.24) is 4.98 Å². The molecule has 0 aliphatic rings. The quantitative estimate of drug-likeness (QED) is 0.647. The summed E-state index contributed by atoms with van der Waals surface area (Å²) in [6.07, 6.45) is 1.09. The van der Waals surface area contributed by atoms with Crippen LogP contribution in [0, 0.1) is 0 Å². The molecule has 0 radical (unpaired) electrons. The molecule has 1 heterocycles. The normalized spacial score (nSPS) is 12.0. The van der Waals surface area contributed by atoms with Crippen LogP contribution < -0.4 is 14.8 Å². The number of anilines is 1. The zero-order chi connectivity index (χ0) is 18.5. The molecule has 1 amide bonds. The molecule has 3 aromatic rings. The number of amides is 1. The number of fused-ring (bicyclic) bond motifs is 1. The van der Waals surface area contributed by atoms with Gasteiger partial charge in [-0.05, 0) is 48.2 Å². The molecule has 2 aromatic carbocycles. The Kier molecular flexibility index (Phi) is 5.73. The van der Waals surface area contributed by atoms with Crippen LogP contribution in [0.3, 0.4) is 0 Å². The number of methoxy groups -OCH3 is 1. The Labute approximate surface area is 157 Å². The summed E-state index contributed by atoms with van der Waals surface area (Å²) < 4.78 is 11.7. The van der Waals surface area contributed by atoms with Crippen molar-refractivity contribution in [2.75, 3.05) is 19.0 Å². The third-order valence-electron chi connectivity index (χ3n) is 4.27. The van der Waals surface area contributed by atoms with Gasteiger partial charge < -0.3 is 9.47 Å². The summed E-state index contributed by atoms with van der Waals surface area (Å²) >= 11 is 1.41. The van der Waals surface area contributed by atoms with Crippen molar-refractivity contribution in [3.8, 4) is 11.5 Å². The molecule has 3 rings (SSSR count). The summed E-state index contributed by atoms with van der Waals surface area (Å²) in [4.78, 5) is 16.5. The van der Waals surface area contributed by atoms with E-state index in [1.165, 1.54) is 16.9 Å². The number of thiazole rings is 1. The highest BCUT2D eigenvalue weighted by Crippen LogP contribution is 2.29. The molecular weight excluding hydrogens is 348 g/mol. The standard InChI is InChI=1S/C20H22N2O3S/c1-4-13(2)14-5-7-15(8-6-14)25-12-19(23)22-20-21-17-10-9-16(24-3)11-18(17)26-20/h5-11,13H,4,12H2,1-3H3,(H,21,22,23)/t13-/m1/s1. The van der Waals surface area contributed by atoms with E-state index in [2.05, 4.69) is 24.1 Å². The second-order valence-corrected chi connectivity index (χ2v) is 7.10. The number of nitrogens with zero attached hydrogens (tertiary/aromatic N) is 1. The molecule has 0 bridgehead atoms. The van der Waals surface area contributed by atoms with Crippen molar-refractivity contribution in [2.45, 2.75) is 26.2 Å². The van der Waals surface area contributed by atoms with Crippen LogP contribution in [-0.4, -0.2) is 24.6 Å². The van der Waals surface area contributed by atoms with Crippen LogP contribution in [0.1, 0.15) is 31.7 Å². The van der Waals surface area contributed by atoms with Gasteiger partial charge in [0.05, 0.1) is 17.3 Å². The first kappa shape index (κ1) is 18.2. The number of ether oxygens (including phenoxy) is 2. The Morgan fingerprint density at radius 1 is 1.19 bits per heavy atom. The smallest absolute Gasteiger partial charge is 0.264 e. The minimum absolute atomic E-state index is 0.0536. The number of aromatic nitrogens is 1. The van der Waals surface area contributed by atoms with Crippen LogP contribution >= 0.6 is 11.3 Å². The van der Waals surface area contributed by atoms with Gasteiger partial charge in [0.15, 0.2) is 11.7 Å². The molecular formula is C20H22N2O3S. The highest BCUT2D eigenvalue weighted by Gasteiger charge is 2.10. The van der Waals surface area contributed by atoms with Crippen LogP contribution in [-0.2, 0) is 4.79 Å². The first-order valence-corrected chi connectivity index (χ1v) is 9.38. The van der Waals surface area contributed by atoms with Gasteiger partial charge in [-0.25, -0.2) is 4.98 Å². The van der Waals surface area contributed by atoms with Gasteiger partial charge in [-0.3, -0.25) is 10.1 Å². The molecule has 136 valence electrons. The van der Waals surface area contributed by atoms with Gasteiger partial charge in [-0.1, -0.05) is 37.3 Å². The molecule has 5 nitrogen and oxygen atoms in total. The summed E-state index contributed by atoms with van der Waals surface area (Å²) in [7, 11) is 1.62. The molecule has 1 aromatic heterocycles. The van der Waals surface area contributed by atoms with E-state index in [-0.39, 0.29) is 12.5 Å². The van der Waals surface area contributed by atoms with Crippen molar-refractivity contribution in [3.63, 3.8) is 0 Å². The maximum absolute atomic E-state index is 12.1. The molecule has 0 saturated heterocycles. The number of rotatable bonds is 7. The van der Waals surface area contributed by atoms with Gasteiger partial charge in [0.2, 0.25) is 0 Å². The van der Waals surface area contributed by atoms with Gasteiger partial charge >= 0.3 is 0 Å². The first-order chi connectivity index (χ1) is 12.6. The molecule has 0 aliphatic carbocycles. The molecule has 0 aliphatic heterocycles. The number of hydrogen-bond donors (Lipinski definition) is 1. The molecule has 6 heteroatoms. The average molecular weight is 370 g/mol. The molecule has 0 unspecified atom stereocenters. The second-order valence-electron chi connectivity index (χ2n) is 6.07. The largest absolute Gasteiger partial charge is 0.497 e. The van der Waals surface area contributed by atoms with E-state index >= 15 is 0 Å². The first-order valence-electron chi connectivity index (χ1n) is 8.56. The lowest BCUT2D eigenvalue weighted by Crippen LogP contribution is -2.20. The van der Waals surface area contributed by atoms with E-state index in [1.54, 1.807) is 7.11 Å². The van der Waals surface area contributed by atoms with Gasteiger partial charge in [0.1, 0.15) is 11.5 Å². The summed E-state index contributed by atoms with van der Waals surface area (Å²) in [6.45, 7) is 4.30. The summed E-state index contributed by atoms with van der Waals surface area (Å²) in [5.74, 6) is 1.73. The van der Waals surface area contributed by atoms with E-state index in [4.69, 9.17) is 9.47 Å². The second kappa shape index (κ2) is 8.19. The predicted octanol–water partition coefficient (Wildman–Crippen LogP) is 4.84. The van der Waals surface area contributed by atoms with Crippen LogP contribution in [0.2, 0.25) is 0 Å². The van der Waals surface area contributed by atoms with E-state index in [9.17, 15) is 4.79 Å². The van der Waals surface area contributed by atoms with Gasteiger partial charge in [-0.2, -0.15) is 0 Å². The van der Waals surface area contributed by atoms with Gasteiger partial charge in [0, 0.05) is 0 Å². The number of nitrogens with one attached hydrogen (secondary N) is 1. The van der Waals surface area contributed by atoms with Crippen LogP contribution in [0.4, 0.5) is 5.13 Å². The predicted molar refractivity (Wildman–Crippen MR) is 105 cm³/mol. The molecule has 26 heavy (non-hydrogen) atoms. The van der Waals surface area contributed by atoms with E-state index in [0.29, 0.717) is 16.8 Å². The third-order valence-corrected chi connectivity index (χ3v) is 5.21. The van der Waals surface area contributed by atoms with Gasteiger partial charge in [0.25, 0.3) is 5.91 Å². The van der Waals surface area contributed by atoms with E-state index in [0.717, 1.165) is 22.4 Å².